The molecule has 1 saturated heterocycles. The van der Waals surface area contributed by atoms with E-state index in [1.807, 2.05) is 0 Å². The number of aryl methyl sites for hydroxylation is 1. The molecule has 1 aliphatic carbocycles. The van der Waals surface area contributed by atoms with Crippen molar-refractivity contribution in [3.63, 3.8) is 0 Å². The highest BCUT2D eigenvalue weighted by molar-refractivity contribution is 5.89. The van der Waals surface area contributed by atoms with Crippen molar-refractivity contribution in [1.29, 1.82) is 0 Å². The predicted octanol–water partition coefficient (Wildman–Crippen LogP) is 1.47. The van der Waals surface area contributed by atoms with Crippen LogP contribution in [0.2, 0.25) is 0 Å². The second-order valence-electron chi connectivity index (χ2n) is 6.43. The monoisotopic (exact) mass is 287 g/mol. The van der Waals surface area contributed by atoms with E-state index in [4.69, 9.17) is 15.9 Å². The van der Waals surface area contributed by atoms with Gasteiger partial charge in [-0.3, -0.25) is 0 Å². The summed E-state index contributed by atoms with van der Waals surface area (Å²) < 4.78 is 6.11. The Balaban J connectivity index is 1.88. The number of furan rings is 1. The Bertz CT molecular complexity index is 695. The van der Waals surface area contributed by atoms with Crippen LogP contribution in [-0.4, -0.2) is 29.1 Å². The summed E-state index contributed by atoms with van der Waals surface area (Å²) in [6.45, 7) is 3.97. The highest BCUT2D eigenvalue weighted by Crippen LogP contribution is 2.37. The number of aromatic nitrogens is 2. The molecule has 2 aromatic heterocycles. The minimum absolute atomic E-state index is 0.195. The van der Waals surface area contributed by atoms with E-state index < -0.39 is 0 Å². The quantitative estimate of drug-likeness (QED) is 0.824. The standard InChI is InChI=1S/C15H21N5O/c1-8-2-3-11-10(6-8)12-13(21-11)14(19-15(17)18-12)20-5-4-9(16)7-20/h8-9H,2-7,16H2,1H3,(H2,17,18,19)/t8?,9-/m1/s1. The number of nitrogens with zero attached hydrogens (tertiary/aromatic N) is 3. The van der Waals surface area contributed by atoms with Crippen molar-refractivity contribution in [2.24, 2.45) is 11.7 Å². The molecule has 0 radical (unpaired) electrons. The van der Waals surface area contributed by atoms with Crippen LogP contribution in [0.15, 0.2) is 4.42 Å². The van der Waals surface area contributed by atoms with E-state index in [9.17, 15) is 0 Å². The maximum absolute atomic E-state index is 6.11. The molecule has 21 heavy (non-hydrogen) atoms. The molecule has 2 aromatic rings. The summed E-state index contributed by atoms with van der Waals surface area (Å²) in [7, 11) is 0. The minimum Gasteiger partial charge on any atom is -0.455 e. The molecule has 2 aliphatic rings. The lowest BCUT2D eigenvalue weighted by molar-refractivity contribution is 0.438. The van der Waals surface area contributed by atoms with Gasteiger partial charge in [-0.05, 0) is 25.2 Å². The second kappa shape index (κ2) is 4.59. The number of nitrogen functional groups attached to an aromatic ring is 1. The van der Waals surface area contributed by atoms with Gasteiger partial charge >= 0.3 is 0 Å². The van der Waals surface area contributed by atoms with Crippen molar-refractivity contribution >= 4 is 22.9 Å². The summed E-state index contributed by atoms with van der Waals surface area (Å²) in [5.41, 5.74) is 14.9. The molecule has 0 saturated carbocycles. The Hall–Kier alpha value is -1.82. The third kappa shape index (κ3) is 2.05. The maximum atomic E-state index is 6.11. The summed E-state index contributed by atoms with van der Waals surface area (Å²) >= 11 is 0. The normalized spacial score (nSPS) is 25.5. The van der Waals surface area contributed by atoms with Crippen LogP contribution in [0.4, 0.5) is 11.8 Å². The molecule has 1 aliphatic heterocycles. The molecule has 2 atom stereocenters. The molecule has 0 spiro atoms. The van der Waals surface area contributed by atoms with Gasteiger partial charge in [0.05, 0.1) is 0 Å². The van der Waals surface area contributed by atoms with Crippen molar-refractivity contribution in [3.05, 3.63) is 11.3 Å². The SMILES string of the molecule is CC1CCc2oc3c(N4CC[C@@H](N)C4)nc(N)nc3c2C1. The summed E-state index contributed by atoms with van der Waals surface area (Å²) in [6.07, 6.45) is 4.13. The summed E-state index contributed by atoms with van der Waals surface area (Å²) in [4.78, 5) is 11.0. The molecular weight excluding hydrogens is 266 g/mol. The van der Waals surface area contributed by atoms with E-state index in [0.717, 1.165) is 55.0 Å². The van der Waals surface area contributed by atoms with Crippen LogP contribution in [0.5, 0.6) is 0 Å². The highest BCUT2D eigenvalue weighted by atomic mass is 16.3. The number of fused-ring (bicyclic) bond motifs is 3. The molecule has 6 heteroatoms. The van der Waals surface area contributed by atoms with Crippen LogP contribution in [-0.2, 0) is 12.8 Å². The molecule has 0 bridgehead atoms. The van der Waals surface area contributed by atoms with E-state index in [1.165, 1.54) is 12.0 Å². The number of hydrogen-bond donors (Lipinski definition) is 2. The van der Waals surface area contributed by atoms with E-state index in [-0.39, 0.29) is 6.04 Å². The number of anilines is 2. The van der Waals surface area contributed by atoms with Crippen LogP contribution in [0, 0.1) is 5.92 Å². The molecule has 0 amide bonds. The lowest BCUT2D eigenvalue weighted by atomic mass is 9.89. The molecule has 0 aromatic carbocycles. The Morgan fingerprint density at radius 1 is 1.29 bits per heavy atom. The Morgan fingerprint density at radius 3 is 2.90 bits per heavy atom. The fraction of sp³-hybridized carbons (Fsp3) is 0.600. The van der Waals surface area contributed by atoms with Crippen molar-refractivity contribution in [3.8, 4) is 0 Å². The maximum Gasteiger partial charge on any atom is 0.222 e. The largest absolute Gasteiger partial charge is 0.455 e. The van der Waals surface area contributed by atoms with Crippen LogP contribution in [0.1, 0.15) is 31.1 Å². The van der Waals surface area contributed by atoms with Gasteiger partial charge in [0.2, 0.25) is 5.95 Å². The van der Waals surface area contributed by atoms with Gasteiger partial charge in [0.15, 0.2) is 11.4 Å². The van der Waals surface area contributed by atoms with Gasteiger partial charge in [-0.2, -0.15) is 4.98 Å². The summed E-state index contributed by atoms with van der Waals surface area (Å²) in [6, 6.07) is 0.195. The van der Waals surface area contributed by atoms with Crippen LogP contribution >= 0.6 is 0 Å². The van der Waals surface area contributed by atoms with Crippen molar-refractivity contribution < 1.29 is 4.42 Å². The number of nitrogens with two attached hydrogens (primary N) is 2. The van der Waals surface area contributed by atoms with Crippen LogP contribution < -0.4 is 16.4 Å². The lowest BCUT2D eigenvalue weighted by Crippen LogP contribution is -2.27. The van der Waals surface area contributed by atoms with Crippen molar-refractivity contribution in [2.75, 3.05) is 23.7 Å². The summed E-state index contributed by atoms with van der Waals surface area (Å²) in [5.74, 6) is 2.86. The topological polar surface area (TPSA) is 94.2 Å². The Kier molecular flexibility index (Phi) is 2.82. The van der Waals surface area contributed by atoms with E-state index in [0.29, 0.717) is 11.9 Å². The predicted molar refractivity (Wildman–Crippen MR) is 82.2 cm³/mol. The zero-order valence-corrected chi connectivity index (χ0v) is 12.3. The van der Waals surface area contributed by atoms with Gasteiger partial charge in [-0.25, -0.2) is 4.98 Å². The fourth-order valence-electron chi connectivity index (χ4n) is 3.51. The molecule has 4 rings (SSSR count). The van der Waals surface area contributed by atoms with E-state index in [2.05, 4.69) is 21.8 Å². The fourth-order valence-corrected chi connectivity index (χ4v) is 3.51. The molecule has 1 unspecified atom stereocenters. The average Bonchev–Trinajstić information content (AvgIpc) is 3.02. The first-order valence-corrected chi connectivity index (χ1v) is 7.70. The van der Waals surface area contributed by atoms with Gasteiger partial charge in [-0.1, -0.05) is 6.92 Å². The molecule has 3 heterocycles. The Labute approximate surface area is 123 Å². The first-order chi connectivity index (χ1) is 10.1. The summed E-state index contributed by atoms with van der Waals surface area (Å²) in [5, 5.41) is 0. The number of hydrogen-bond acceptors (Lipinski definition) is 6. The highest BCUT2D eigenvalue weighted by Gasteiger charge is 2.29. The van der Waals surface area contributed by atoms with E-state index in [1.54, 1.807) is 0 Å². The average molecular weight is 287 g/mol. The second-order valence-corrected chi connectivity index (χ2v) is 6.43. The third-order valence-corrected chi connectivity index (χ3v) is 4.65. The van der Waals surface area contributed by atoms with Gasteiger partial charge in [0.1, 0.15) is 11.3 Å². The lowest BCUT2D eigenvalue weighted by Gasteiger charge is -2.17. The molecule has 112 valence electrons. The number of rotatable bonds is 1. The van der Waals surface area contributed by atoms with Gasteiger partial charge < -0.3 is 20.8 Å². The molecule has 4 N–H and O–H groups in total. The first kappa shape index (κ1) is 12.9. The van der Waals surface area contributed by atoms with Crippen LogP contribution in [0.3, 0.4) is 0 Å². The molecule has 1 fully saturated rings. The van der Waals surface area contributed by atoms with Gasteiger partial charge in [0, 0.05) is 31.1 Å². The van der Waals surface area contributed by atoms with Crippen molar-refractivity contribution in [2.45, 2.75) is 38.6 Å². The zero-order valence-electron chi connectivity index (χ0n) is 12.3. The Morgan fingerprint density at radius 2 is 2.14 bits per heavy atom. The first-order valence-electron chi connectivity index (χ1n) is 7.70. The van der Waals surface area contributed by atoms with E-state index >= 15 is 0 Å². The van der Waals surface area contributed by atoms with Crippen LogP contribution in [0.25, 0.3) is 11.1 Å². The van der Waals surface area contributed by atoms with Gasteiger partial charge in [-0.15, -0.1) is 0 Å². The van der Waals surface area contributed by atoms with Gasteiger partial charge in [0.25, 0.3) is 0 Å². The van der Waals surface area contributed by atoms with Crippen molar-refractivity contribution in [1.82, 2.24) is 9.97 Å². The smallest absolute Gasteiger partial charge is 0.222 e. The third-order valence-electron chi connectivity index (χ3n) is 4.65. The minimum atomic E-state index is 0.195. The zero-order chi connectivity index (χ0) is 14.6. The molecular formula is C15H21N5O. The molecule has 6 nitrogen and oxygen atoms in total.